The number of hydrogen-bond acceptors (Lipinski definition) is 6. The van der Waals surface area contributed by atoms with Crippen LogP contribution in [-0.4, -0.2) is 41.8 Å². The van der Waals surface area contributed by atoms with Gasteiger partial charge in [0.05, 0.1) is 25.5 Å². The summed E-state index contributed by atoms with van der Waals surface area (Å²) < 4.78 is 33.8. The van der Waals surface area contributed by atoms with Crippen molar-refractivity contribution in [2.75, 3.05) is 18.0 Å². The molecule has 118 valence electrons. The fraction of sp³-hybridized carbons (Fsp3) is 0.462. The van der Waals surface area contributed by atoms with Crippen LogP contribution < -0.4 is 9.04 Å². The first-order valence-corrected chi connectivity index (χ1v) is 8.19. The van der Waals surface area contributed by atoms with Crippen molar-refractivity contribution in [3.63, 3.8) is 0 Å². The van der Waals surface area contributed by atoms with E-state index in [0.717, 1.165) is 4.31 Å². The first-order valence-electron chi connectivity index (χ1n) is 6.75. The Labute approximate surface area is 128 Å². The SMILES string of the molecule is CN(c1cnccn1)S(=O)(=O)c1cnn2c1OCC(C)(C)C2. The van der Waals surface area contributed by atoms with E-state index in [0.29, 0.717) is 13.2 Å². The molecule has 0 saturated heterocycles. The monoisotopic (exact) mass is 323 g/mol. The Kier molecular flexibility index (Phi) is 3.32. The smallest absolute Gasteiger partial charge is 0.272 e. The maximum Gasteiger partial charge on any atom is 0.272 e. The van der Waals surface area contributed by atoms with E-state index in [1.54, 1.807) is 4.68 Å². The summed E-state index contributed by atoms with van der Waals surface area (Å²) in [4.78, 5) is 7.93. The molecule has 0 radical (unpaired) electrons. The van der Waals surface area contributed by atoms with Crippen molar-refractivity contribution in [2.45, 2.75) is 25.3 Å². The predicted molar refractivity (Wildman–Crippen MR) is 79.1 cm³/mol. The lowest BCUT2D eigenvalue weighted by Gasteiger charge is -2.30. The standard InChI is InChI=1S/C13H17N5O3S/c1-13(2)8-18-12(21-9-13)10(6-16-18)22(19,20)17(3)11-7-14-4-5-15-11/h4-7H,8-9H2,1-3H3. The minimum Gasteiger partial charge on any atom is -0.476 e. The van der Waals surface area contributed by atoms with Crippen LogP contribution in [0.15, 0.2) is 29.7 Å². The van der Waals surface area contributed by atoms with Crippen LogP contribution in [0.1, 0.15) is 13.8 Å². The summed E-state index contributed by atoms with van der Waals surface area (Å²) in [7, 11) is -2.38. The van der Waals surface area contributed by atoms with Crippen LogP contribution in [0, 0.1) is 5.41 Å². The zero-order valence-corrected chi connectivity index (χ0v) is 13.4. The third-order valence-electron chi connectivity index (χ3n) is 3.45. The average Bonchev–Trinajstić information content (AvgIpc) is 2.89. The molecule has 0 saturated carbocycles. The summed E-state index contributed by atoms with van der Waals surface area (Å²) in [6, 6.07) is 0. The van der Waals surface area contributed by atoms with E-state index < -0.39 is 10.0 Å². The molecular weight excluding hydrogens is 306 g/mol. The molecule has 2 aromatic rings. The lowest BCUT2D eigenvalue weighted by molar-refractivity contribution is 0.0971. The number of hydrogen-bond donors (Lipinski definition) is 0. The summed E-state index contributed by atoms with van der Waals surface area (Å²) in [6.07, 6.45) is 5.63. The number of sulfonamides is 1. The molecule has 9 heteroatoms. The van der Waals surface area contributed by atoms with Gasteiger partial charge in [0.1, 0.15) is 0 Å². The molecule has 0 spiro atoms. The van der Waals surface area contributed by atoms with Crippen molar-refractivity contribution < 1.29 is 13.2 Å². The van der Waals surface area contributed by atoms with Crippen LogP contribution in [0.3, 0.4) is 0 Å². The topological polar surface area (TPSA) is 90.2 Å². The molecule has 8 nitrogen and oxygen atoms in total. The maximum atomic E-state index is 12.8. The Morgan fingerprint density at radius 1 is 1.32 bits per heavy atom. The molecule has 0 aromatic carbocycles. The lowest BCUT2D eigenvalue weighted by Crippen LogP contribution is -2.34. The average molecular weight is 323 g/mol. The highest BCUT2D eigenvalue weighted by molar-refractivity contribution is 7.92. The van der Waals surface area contributed by atoms with E-state index in [2.05, 4.69) is 15.1 Å². The van der Waals surface area contributed by atoms with E-state index in [4.69, 9.17) is 4.74 Å². The molecular formula is C13H17N5O3S. The highest BCUT2D eigenvalue weighted by Crippen LogP contribution is 2.34. The van der Waals surface area contributed by atoms with E-state index >= 15 is 0 Å². The van der Waals surface area contributed by atoms with Crippen LogP contribution in [-0.2, 0) is 16.6 Å². The van der Waals surface area contributed by atoms with Gasteiger partial charge in [-0.3, -0.25) is 9.29 Å². The minimum absolute atomic E-state index is 0.0381. The Morgan fingerprint density at radius 2 is 2.09 bits per heavy atom. The summed E-state index contributed by atoms with van der Waals surface area (Å²) in [5.74, 6) is 0.508. The lowest BCUT2D eigenvalue weighted by atomic mass is 9.94. The van der Waals surface area contributed by atoms with Crippen molar-refractivity contribution in [3.8, 4) is 5.88 Å². The summed E-state index contributed by atoms with van der Waals surface area (Å²) in [6.45, 7) is 5.12. The molecule has 0 aliphatic carbocycles. The first kappa shape index (κ1) is 14.8. The Morgan fingerprint density at radius 3 is 2.77 bits per heavy atom. The van der Waals surface area contributed by atoms with E-state index in [9.17, 15) is 8.42 Å². The second-order valence-corrected chi connectivity index (χ2v) is 7.90. The van der Waals surface area contributed by atoms with Crippen molar-refractivity contribution >= 4 is 15.8 Å². The van der Waals surface area contributed by atoms with Gasteiger partial charge < -0.3 is 4.74 Å². The van der Waals surface area contributed by atoms with E-state index in [-0.39, 0.29) is 22.0 Å². The molecule has 0 amide bonds. The fourth-order valence-corrected chi connectivity index (χ4v) is 3.43. The Hall–Kier alpha value is -2.16. The molecule has 0 fully saturated rings. The van der Waals surface area contributed by atoms with Gasteiger partial charge in [0.2, 0.25) is 5.88 Å². The van der Waals surface area contributed by atoms with Gasteiger partial charge in [0.15, 0.2) is 10.7 Å². The zero-order chi connectivity index (χ0) is 16.0. The normalized spacial score (nSPS) is 16.7. The Bertz CT molecular complexity index is 785. The molecule has 0 N–H and O–H groups in total. The highest BCUT2D eigenvalue weighted by atomic mass is 32.2. The number of anilines is 1. The van der Waals surface area contributed by atoms with E-state index in [1.165, 1.54) is 31.8 Å². The molecule has 0 atom stereocenters. The van der Waals surface area contributed by atoms with Crippen LogP contribution >= 0.6 is 0 Å². The first-order chi connectivity index (χ1) is 10.3. The third kappa shape index (κ3) is 2.41. The maximum absolute atomic E-state index is 12.8. The predicted octanol–water partition coefficient (Wildman–Crippen LogP) is 0.917. The van der Waals surface area contributed by atoms with E-state index in [1.807, 2.05) is 13.8 Å². The van der Waals surface area contributed by atoms with Gasteiger partial charge in [-0.15, -0.1) is 0 Å². The summed E-state index contributed by atoms with van der Waals surface area (Å²) in [5, 5.41) is 4.14. The van der Waals surface area contributed by atoms with Gasteiger partial charge in [-0.1, -0.05) is 13.8 Å². The highest BCUT2D eigenvalue weighted by Gasteiger charge is 2.35. The minimum atomic E-state index is -3.80. The zero-order valence-electron chi connectivity index (χ0n) is 12.6. The van der Waals surface area contributed by atoms with Gasteiger partial charge >= 0.3 is 0 Å². The molecule has 1 aliphatic rings. The van der Waals surface area contributed by atoms with Crippen LogP contribution in [0.5, 0.6) is 5.88 Å². The molecule has 3 rings (SSSR count). The molecule has 22 heavy (non-hydrogen) atoms. The summed E-state index contributed by atoms with van der Waals surface area (Å²) in [5.41, 5.74) is -0.0864. The number of aromatic nitrogens is 4. The molecule has 3 heterocycles. The van der Waals surface area contributed by atoms with Crippen LogP contribution in [0.4, 0.5) is 5.82 Å². The van der Waals surface area contributed by atoms with Gasteiger partial charge in [0.25, 0.3) is 10.0 Å². The van der Waals surface area contributed by atoms with Crippen molar-refractivity contribution in [1.29, 1.82) is 0 Å². The van der Waals surface area contributed by atoms with Gasteiger partial charge in [-0.2, -0.15) is 5.10 Å². The largest absolute Gasteiger partial charge is 0.476 e. The number of fused-ring (bicyclic) bond motifs is 1. The van der Waals surface area contributed by atoms with Crippen LogP contribution in [0.25, 0.3) is 0 Å². The molecule has 0 bridgehead atoms. The van der Waals surface area contributed by atoms with Gasteiger partial charge in [0, 0.05) is 24.9 Å². The van der Waals surface area contributed by atoms with Crippen molar-refractivity contribution in [1.82, 2.24) is 19.7 Å². The van der Waals surface area contributed by atoms with Crippen LogP contribution in [0.2, 0.25) is 0 Å². The fourth-order valence-electron chi connectivity index (χ4n) is 2.23. The Balaban J connectivity index is 2.00. The van der Waals surface area contributed by atoms with Gasteiger partial charge in [-0.05, 0) is 0 Å². The number of rotatable bonds is 3. The summed E-state index contributed by atoms with van der Waals surface area (Å²) >= 11 is 0. The second kappa shape index (κ2) is 4.94. The quantitative estimate of drug-likeness (QED) is 0.834. The van der Waals surface area contributed by atoms with Crippen molar-refractivity contribution in [2.24, 2.45) is 5.41 Å². The third-order valence-corrected chi connectivity index (χ3v) is 5.19. The van der Waals surface area contributed by atoms with Crippen molar-refractivity contribution in [3.05, 3.63) is 24.8 Å². The molecule has 0 unspecified atom stereocenters. The molecule has 1 aliphatic heterocycles. The van der Waals surface area contributed by atoms with Gasteiger partial charge in [-0.25, -0.2) is 18.1 Å². The molecule has 2 aromatic heterocycles. The second-order valence-electron chi connectivity index (χ2n) is 5.96. The number of nitrogens with zero attached hydrogens (tertiary/aromatic N) is 5. The number of ether oxygens (including phenoxy) is 1.